The Morgan fingerprint density at radius 2 is 2.00 bits per heavy atom. The molecule has 2 N–H and O–H groups in total. The van der Waals surface area contributed by atoms with Crippen LogP contribution < -0.4 is 15.0 Å². The lowest BCUT2D eigenvalue weighted by molar-refractivity contribution is -0.128. The van der Waals surface area contributed by atoms with Gasteiger partial charge < -0.3 is 15.2 Å². The van der Waals surface area contributed by atoms with Gasteiger partial charge >= 0.3 is 5.97 Å². The Morgan fingerprint density at radius 3 is 2.68 bits per heavy atom. The number of hydrogen-bond donors (Lipinski definition) is 2. The summed E-state index contributed by atoms with van der Waals surface area (Å²) in [6, 6.07) is 4.47. The van der Waals surface area contributed by atoms with E-state index in [-0.39, 0.29) is 30.0 Å². The van der Waals surface area contributed by atoms with E-state index < -0.39 is 12.1 Å². The van der Waals surface area contributed by atoms with Gasteiger partial charge in [-0.15, -0.1) is 0 Å². The number of amides is 2. The average molecular weight is 346 g/mol. The molecule has 7 heteroatoms. The lowest BCUT2D eigenvalue weighted by Gasteiger charge is -2.33. The van der Waals surface area contributed by atoms with Gasteiger partial charge in [0.25, 0.3) is 5.91 Å². The van der Waals surface area contributed by atoms with E-state index in [4.69, 9.17) is 9.84 Å². The summed E-state index contributed by atoms with van der Waals surface area (Å²) in [6.07, 6.45) is 4.59. The number of carboxylic acid groups (broad SMARTS) is 1. The van der Waals surface area contributed by atoms with E-state index in [0.29, 0.717) is 11.4 Å². The number of rotatable bonds is 4. The molecule has 134 valence electrons. The maximum atomic E-state index is 12.5. The first-order valence-electron chi connectivity index (χ1n) is 8.60. The Bertz CT molecular complexity index is 697. The molecule has 2 aliphatic rings. The molecule has 1 unspecified atom stereocenters. The fourth-order valence-corrected chi connectivity index (χ4v) is 3.37. The maximum absolute atomic E-state index is 12.5. The Kier molecular flexibility index (Phi) is 4.92. The van der Waals surface area contributed by atoms with E-state index in [1.807, 2.05) is 0 Å². The van der Waals surface area contributed by atoms with E-state index in [0.717, 1.165) is 25.7 Å². The molecule has 0 spiro atoms. The summed E-state index contributed by atoms with van der Waals surface area (Å²) >= 11 is 0. The van der Waals surface area contributed by atoms with Crippen LogP contribution in [0.1, 0.15) is 49.4 Å². The summed E-state index contributed by atoms with van der Waals surface area (Å²) in [5.41, 5.74) is 0.365. The summed E-state index contributed by atoms with van der Waals surface area (Å²) in [5.74, 6) is -1.28. The quantitative estimate of drug-likeness (QED) is 0.869. The molecular weight excluding hydrogens is 324 g/mol. The van der Waals surface area contributed by atoms with Gasteiger partial charge in [-0.3, -0.25) is 14.5 Å². The number of aromatic carboxylic acids is 1. The van der Waals surface area contributed by atoms with Crippen LogP contribution in [0.3, 0.4) is 0 Å². The summed E-state index contributed by atoms with van der Waals surface area (Å²) in [5, 5.41) is 12.1. The van der Waals surface area contributed by atoms with Gasteiger partial charge in [0, 0.05) is 6.04 Å². The second-order valence-electron chi connectivity index (χ2n) is 6.57. The molecule has 1 heterocycles. The highest BCUT2D eigenvalue weighted by Crippen LogP contribution is 2.34. The number of anilines is 1. The summed E-state index contributed by atoms with van der Waals surface area (Å²) < 4.78 is 5.52. The van der Waals surface area contributed by atoms with Crippen LogP contribution in [-0.2, 0) is 9.59 Å². The van der Waals surface area contributed by atoms with Crippen LogP contribution in [0.15, 0.2) is 18.2 Å². The third-order valence-corrected chi connectivity index (χ3v) is 4.69. The molecule has 0 radical (unpaired) electrons. The highest BCUT2D eigenvalue weighted by molar-refractivity contribution is 6.04. The lowest BCUT2D eigenvalue weighted by Crippen LogP contribution is -2.50. The number of ether oxygens (including phenoxy) is 1. The van der Waals surface area contributed by atoms with Crippen molar-refractivity contribution in [3.63, 3.8) is 0 Å². The van der Waals surface area contributed by atoms with Gasteiger partial charge in [-0.25, -0.2) is 4.79 Å². The van der Waals surface area contributed by atoms with E-state index in [1.165, 1.54) is 29.5 Å². The smallest absolute Gasteiger partial charge is 0.335 e. The minimum absolute atomic E-state index is 0.0439. The van der Waals surface area contributed by atoms with Crippen molar-refractivity contribution in [3.8, 4) is 5.75 Å². The van der Waals surface area contributed by atoms with E-state index in [9.17, 15) is 14.4 Å². The molecule has 0 bridgehead atoms. The van der Waals surface area contributed by atoms with Crippen molar-refractivity contribution in [1.82, 2.24) is 5.32 Å². The molecule has 0 aromatic heterocycles. The number of fused-ring (bicyclic) bond motifs is 1. The van der Waals surface area contributed by atoms with Crippen molar-refractivity contribution >= 4 is 23.5 Å². The van der Waals surface area contributed by atoms with E-state index >= 15 is 0 Å². The Hall–Kier alpha value is -2.57. The second kappa shape index (κ2) is 7.13. The van der Waals surface area contributed by atoms with Crippen molar-refractivity contribution in [2.24, 2.45) is 0 Å². The molecule has 1 aromatic rings. The normalized spacial score (nSPS) is 20.6. The van der Waals surface area contributed by atoms with Gasteiger partial charge in [-0.2, -0.15) is 0 Å². The minimum atomic E-state index is -1.10. The molecule has 1 atom stereocenters. The van der Waals surface area contributed by atoms with Crippen LogP contribution in [0.5, 0.6) is 5.75 Å². The van der Waals surface area contributed by atoms with Crippen molar-refractivity contribution in [2.75, 3.05) is 11.4 Å². The molecule has 1 aliphatic heterocycles. The molecule has 25 heavy (non-hydrogen) atoms. The summed E-state index contributed by atoms with van der Waals surface area (Å²) in [6.45, 7) is 1.47. The number of hydrogen-bond acceptors (Lipinski definition) is 4. The summed E-state index contributed by atoms with van der Waals surface area (Å²) in [7, 11) is 0. The van der Waals surface area contributed by atoms with Crippen LogP contribution in [-0.4, -0.2) is 41.6 Å². The number of carbonyl (C=O) groups is 3. The van der Waals surface area contributed by atoms with Gasteiger partial charge in [0.1, 0.15) is 12.3 Å². The molecule has 7 nitrogen and oxygen atoms in total. The van der Waals surface area contributed by atoms with E-state index in [1.54, 1.807) is 6.92 Å². The monoisotopic (exact) mass is 346 g/mol. The maximum Gasteiger partial charge on any atom is 0.335 e. The molecular formula is C18H22N2O5. The number of nitrogens with one attached hydrogen (secondary N) is 1. The predicted octanol–water partition coefficient (Wildman–Crippen LogP) is 1.95. The largest absolute Gasteiger partial charge is 0.479 e. The fraction of sp³-hybridized carbons (Fsp3) is 0.500. The predicted molar refractivity (Wildman–Crippen MR) is 90.9 cm³/mol. The number of carboxylic acids is 1. The highest BCUT2D eigenvalue weighted by Gasteiger charge is 2.33. The third-order valence-electron chi connectivity index (χ3n) is 4.69. The Labute approximate surface area is 146 Å². The van der Waals surface area contributed by atoms with Gasteiger partial charge in [-0.05, 0) is 38.0 Å². The zero-order valence-electron chi connectivity index (χ0n) is 14.2. The molecule has 0 saturated heterocycles. The zero-order valence-corrected chi connectivity index (χ0v) is 14.2. The van der Waals surface area contributed by atoms with Gasteiger partial charge in [-0.1, -0.05) is 19.3 Å². The molecule has 2 amide bonds. The average Bonchev–Trinajstić information content (AvgIpc) is 2.59. The molecule has 1 saturated carbocycles. The van der Waals surface area contributed by atoms with Crippen LogP contribution in [0, 0.1) is 0 Å². The second-order valence-corrected chi connectivity index (χ2v) is 6.57. The van der Waals surface area contributed by atoms with Gasteiger partial charge in [0.15, 0.2) is 6.10 Å². The fourth-order valence-electron chi connectivity index (χ4n) is 3.37. The topological polar surface area (TPSA) is 95.9 Å². The van der Waals surface area contributed by atoms with Crippen LogP contribution in [0.25, 0.3) is 0 Å². The third kappa shape index (κ3) is 3.75. The van der Waals surface area contributed by atoms with Gasteiger partial charge in [0.05, 0.1) is 11.3 Å². The number of carbonyl (C=O) groups excluding carboxylic acids is 2. The first kappa shape index (κ1) is 17.3. The first-order chi connectivity index (χ1) is 12.0. The SMILES string of the molecule is CC1Oc2ccc(C(=O)O)cc2N(CC(=O)NC2CCCCC2)C1=O. The van der Waals surface area contributed by atoms with Crippen molar-refractivity contribution in [1.29, 1.82) is 0 Å². The van der Waals surface area contributed by atoms with Crippen molar-refractivity contribution in [2.45, 2.75) is 51.2 Å². The van der Waals surface area contributed by atoms with Crippen LogP contribution in [0.2, 0.25) is 0 Å². The lowest BCUT2D eigenvalue weighted by atomic mass is 9.95. The minimum Gasteiger partial charge on any atom is -0.479 e. The highest BCUT2D eigenvalue weighted by atomic mass is 16.5. The Balaban J connectivity index is 1.79. The molecule has 1 aromatic carbocycles. The molecule has 1 fully saturated rings. The standard InChI is InChI=1S/C18H22N2O5/c1-11-17(22)20(10-16(21)19-13-5-3-2-4-6-13)14-9-12(18(23)24)7-8-15(14)25-11/h7-9,11,13H,2-6,10H2,1H3,(H,19,21)(H,23,24). The zero-order chi connectivity index (χ0) is 18.0. The first-order valence-corrected chi connectivity index (χ1v) is 8.60. The summed E-state index contributed by atoms with van der Waals surface area (Å²) in [4.78, 5) is 37.4. The van der Waals surface area contributed by atoms with Crippen molar-refractivity contribution in [3.05, 3.63) is 23.8 Å². The number of benzene rings is 1. The Morgan fingerprint density at radius 1 is 1.28 bits per heavy atom. The van der Waals surface area contributed by atoms with Crippen LogP contribution >= 0.6 is 0 Å². The van der Waals surface area contributed by atoms with E-state index in [2.05, 4.69) is 5.32 Å². The molecule has 1 aliphatic carbocycles. The van der Waals surface area contributed by atoms with Crippen LogP contribution in [0.4, 0.5) is 5.69 Å². The number of nitrogens with zero attached hydrogens (tertiary/aromatic N) is 1. The molecule has 3 rings (SSSR count). The van der Waals surface area contributed by atoms with Gasteiger partial charge in [0.2, 0.25) is 5.91 Å². The van der Waals surface area contributed by atoms with Crippen molar-refractivity contribution < 1.29 is 24.2 Å².